The molecule has 1 N–H and O–H groups in total. The largest absolute Gasteiger partial charge is 0.488 e. The third-order valence-electron chi connectivity index (χ3n) is 4.79. The van der Waals surface area contributed by atoms with E-state index in [2.05, 4.69) is 23.8 Å². The SMILES string of the molecule is CC1(C)COc2c(OCC(=O)[C@@H](C#N)c3nc4ccccc4[nH]3)cccc21. The van der Waals surface area contributed by atoms with Crippen LogP contribution in [0.25, 0.3) is 11.0 Å². The van der Waals surface area contributed by atoms with Gasteiger partial charge in [0.2, 0.25) is 0 Å². The first-order valence-corrected chi connectivity index (χ1v) is 8.76. The van der Waals surface area contributed by atoms with Gasteiger partial charge in [0.1, 0.15) is 12.4 Å². The van der Waals surface area contributed by atoms with Crippen LogP contribution in [0.15, 0.2) is 42.5 Å². The number of fused-ring (bicyclic) bond motifs is 2. The molecule has 27 heavy (non-hydrogen) atoms. The first-order chi connectivity index (χ1) is 13.0. The molecule has 0 aliphatic carbocycles. The Morgan fingerprint density at radius 3 is 2.93 bits per heavy atom. The van der Waals surface area contributed by atoms with Crippen molar-refractivity contribution in [1.82, 2.24) is 9.97 Å². The number of Topliss-reactive ketones (excluding diaryl/α,β-unsaturated/α-hetero) is 1. The highest BCUT2D eigenvalue weighted by Gasteiger charge is 2.34. The van der Waals surface area contributed by atoms with Crippen molar-refractivity contribution < 1.29 is 14.3 Å². The summed E-state index contributed by atoms with van der Waals surface area (Å²) in [5.74, 6) is 0.168. The summed E-state index contributed by atoms with van der Waals surface area (Å²) in [5, 5.41) is 9.48. The van der Waals surface area contributed by atoms with E-state index in [0.717, 1.165) is 16.6 Å². The van der Waals surface area contributed by atoms with Crippen molar-refractivity contribution in [2.45, 2.75) is 25.2 Å². The number of carbonyl (C=O) groups is 1. The van der Waals surface area contributed by atoms with Gasteiger partial charge in [0, 0.05) is 11.0 Å². The van der Waals surface area contributed by atoms with Gasteiger partial charge in [-0.15, -0.1) is 0 Å². The van der Waals surface area contributed by atoms with Crippen LogP contribution in [0.3, 0.4) is 0 Å². The first kappa shape index (κ1) is 17.1. The van der Waals surface area contributed by atoms with E-state index in [1.807, 2.05) is 42.5 Å². The van der Waals surface area contributed by atoms with Crippen LogP contribution in [0.4, 0.5) is 0 Å². The van der Waals surface area contributed by atoms with E-state index in [0.29, 0.717) is 23.9 Å². The van der Waals surface area contributed by atoms with Crippen LogP contribution in [0.1, 0.15) is 31.2 Å². The van der Waals surface area contributed by atoms with Gasteiger partial charge >= 0.3 is 0 Å². The number of hydrogen-bond acceptors (Lipinski definition) is 5. The number of imidazole rings is 1. The fraction of sp³-hybridized carbons (Fsp3) is 0.286. The molecule has 0 fully saturated rings. The lowest BCUT2D eigenvalue weighted by molar-refractivity contribution is -0.121. The lowest BCUT2D eigenvalue weighted by Gasteiger charge is -2.15. The maximum Gasteiger partial charge on any atom is 0.194 e. The van der Waals surface area contributed by atoms with Crippen molar-refractivity contribution in [3.05, 3.63) is 53.9 Å². The van der Waals surface area contributed by atoms with Gasteiger partial charge in [-0.2, -0.15) is 5.26 Å². The molecular formula is C21H19N3O3. The highest BCUT2D eigenvalue weighted by atomic mass is 16.5. The number of rotatable bonds is 5. The number of benzene rings is 2. The lowest BCUT2D eigenvalue weighted by Crippen LogP contribution is -2.20. The normalized spacial score (nSPS) is 15.6. The van der Waals surface area contributed by atoms with Crippen molar-refractivity contribution >= 4 is 16.8 Å². The maximum atomic E-state index is 12.6. The number of nitriles is 1. The van der Waals surface area contributed by atoms with Crippen LogP contribution in [0, 0.1) is 11.3 Å². The van der Waals surface area contributed by atoms with Crippen molar-refractivity contribution in [2.75, 3.05) is 13.2 Å². The van der Waals surface area contributed by atoms with E-state index >= 15 is 0 Å². The predicted octanol–water partition coefficient (Wildman–Crippen LogP) is 3.49. The van der Waals surface area contributed by atoms with Crippen molar-refractivity contribution in [3.8, 4) is 17.6 Å². The van der Waals surface area contributed by atoms with Crippen LogP contribution in [-0.4, -0.2) is 29.0 Å². The van der Waals surface area contributed by atoms with Crippen molar-refractivity contribution in [2.24, 2.45) is 0 Å². The monoisotopic (exact) mass is 361 g/mol. The summed E-state index contributed by atoms with van der Waals surface area (Å²) >= 11 is 0. The molecule has 2 aromatic carbocycles. The van der Waals surface area contributed by atoms with E-state index in [1.54, 1.807) is 6.07 Å². The summed E-state index contributed by atoms with van der Waals surface area (Å²) in [6.45, 7) is 4.54. The minimum absolute atomic E-state index is 0.0951. The zero-order valence-corrected chi connectivity index (χ0v) is 15.2. The molecule has 0 amide bonds. The Kier molecular flexibility index (Phi) is 4.08. The van der Waals surface area contributed by atoms with Crippen LogP contribution >= 0.6 is 0 Å². The summed E-state index contributed by atoms with van der Waals surface area (Å²) < 4.78 is 11.5. The minimum atomic E-state index is -1.01. The fourth-order valence-corrected chi connectivity index (χ4v) is 3.27. The molecule has 3 aromatic rings. The highest BCUT2D eigenvalue weighted by molar-refractivity contribution is 5.90. The molecule has 0 saturated heterocycles. The number of nitrogens with one attached hydrogen (secondary N) is 1. The Bertz CT molecular complexity index is 1030. The Morgan fingerprint density at radius 2 is 2.15 bits per heavy atom. The molecular weight excluding hydrogens is 342 g/mol. The number of H-pyrrole nitrogens is 1. The molecule has 1 aromatic heterocycles. The second-order valence-electron chi connectivity index (χ2n) is 7.26. The lowest BCUT2D eigenvalue weighted by atomic mass is 9.87. The first-order valence-electron chi connectivity index (χ1n) is 8.76. The molecule has 6 nitrogen and oxygen atoms in total. The molecule has 1 atom stereocenters. The third kappa shape index (κ3) is 3.02. The summed E-state index contributed by atoms with van der Waals surface area (Å²) in [7, 11) is 0. The topological polar surface area (TPSA) is 88.0 Å². The quantitative estimate of drug-likeness (QED) is 0.751. The number of nitrogens with zero attached hydrogens (tertiary/aromatic N) is 2. The van der Waals surface area contributed by atoms with Crippen LogP contribution in [0.5, 0.6) is 11.5 Å². The average Bonchev–Trinajstić information content (AvgIpc) is 3.22. The van der Waals surface area contributed by atoms with E-state index in [1.165, 1.54) is 0 Å². The maximum absolute atomic E-state index is 12.6. The number of aromatic nitrogens is 2. The van der Waals surface area contributed by atoms with E-state index in [4.69, 9.17) is 9.47 Å². The smallest absolute Gasteiger partial charge is 0.194 e. The van der Waals surface area contributed by atoms with Crippen LogP contribution < -0.4 is 9.47 Å². The van der Waals surface area contributed by atoms with Gasteiger partial charge in [0.05, 0.1) is 23.7 Å². The molecule has 2 heterocycles. The van der Waals surface area contributed by atoms with Gasteiger partial charge in [-0.1, -0.05) is 38.1 Å². The van der Waals surface area contributed by atoms with Gasteiger partial charge in [-0.25, -0.2) is 4.98 Å². The Balaban J connectivity index is 1.52. The summed E-state index contributed by atoms with van der Waals surface area (Å²) in [4.78, 5) is 20.0. The van der Waals surface area contributed by atoms with Gasteiger partial charge in [-0.3, -0.25) is 4.79 Å². The number of para-hydroxylation sites is 3. The van der Waals surface area contributed by atoms with E-state index < -0.39 is 5.92 Å². The number of ketones is 1. The Hall–Kier alpha value is -3.33. The zero-order chi connectivity index (χ0) is 19.0. The van der Waals surface area contributed by atoms with Gasteiger partial charge < -0.3 is 14.5 Å². The molecule has 0 spiro atoms. The summed E-state index contributed by atoms with van der Waals surface area (Å²) in [5.41, 5.74) is 2.47. The fourth-order valence-electron chi connectivity index (χ4n) is 3.27. The zero-order valence-electron chi connectivity index (χ0n) is 15.2. The molecule has 1 aliphatic rings. The molecule has 0 unspecified atom stereocenters. The summed E-state index contributed by atoms with van der Waals surface area (Å²) in [6, 6.07) is 15.1. The second kappa shape index (κ2) is 6.44. The molecule has 6 heteroatoms. The molecule has 0 radical (unpaired) electrons. The Morgan fingerprint density at radius 1 is 1.33 bits per heavy atom. The van der Waals surface area contributed by atoms with Gasteiger partial charge in [0.15, 0.2) is 23.2 Å². The van der Waals surface area contributed by atoms with E-state index in [-0.39, 0.29) is 17.8 Å². The molecule has 0 saturated carbocycles. The van der Waals surface area contributed by atoms with Crippen LogP contribution in [0.2, 0.25) is 0 Å². The molecule has 1 aliphatic heterocycles. The Labute approximate surface area is 156 Å². The number of carbonyl (C=O) groups excluding carboxylic acids is 1. The minimum Gasteiger partial charge on any atom is -0.488 e. The van der Waals surface area contributed by atoms with Crippen LogP contribution in [-0.2, 0) is 10.2 Å². The molecule has 0 bridgehead atoms. The molecule has 136 valence electrons. The van der Waals surface area contributed by atoms with Gasteiger partial charge in [-0.05, 0) is 18.2 Å². The predicted molar refractivity (Wildman–Crippen MR) is 99.9 cm³/mol. The number of hydrogen-bond donors (Lipinski definition) is 1. The summed E-state index contributed by atoms with van der Waals surface area (Å²) in [6.07, 6.45) is 0. The van der Waals surface area contributed by atoms with E-state index in [9.17, 15) is 10.1 Å². The van der Waals surface area contributed by atoms with Crippen molar-refractivity contribution in [1.29, 1.82) is 5.26 Å². The standard InChI is InChI=1S/C21H19N3O3/c1-21(2)12-27-19-14(21)6-5-9-18(19)26-11-17(25)13(10-22)20-23-15-7-3-4-8-16(15)24-20/h3-9,13H,11-12H2,1-2H3,(H,23,24)/t13-/m1/s1. The second-order valence-corrected chi connectivity index (χ2v) is 7.26. The highest BCUT2D eigenvalue weighted by Crippen LogP contribution is 2.44. The van der Waals surface area contributed by atoms with Gasteiger partial charge in [0.25, 0.3) is 0 Å². The average molecular weight is 361 g/mol. The number of aromatic amines is 1. The third-order valence-corrected chi connectivity index (χ3v) is 4.79. The molecule has 4 rings (SSSR count). The van der Waals surface area contributed by atoms with Crippen molar-refractivity contribution in [3.63, 3.8) is 0 Å². The number of ether oxygens (including phenoxy) is 2.